The van der Waals surface area contributed by atoms with Crippen LogP contribution in [0.2, 0.25) is 0 Å². The number of methoxy groups -OCH3 is 1. The maximum absolute atomic E-state index is 12.6. The normalized spacial score (nSPS) is 13.5. The van der Waals surface area contributed by atoms with Crippen LogP contribution in [0, 0.1) is 4.78 Å². The predicted octanol–water partition coefficient (Wildman–Crippen LogP) is 3.10. The van der Waals surface area contributed by atoms with Gasteiger partial charge in [-0.1, -0.05) is 0 Å². The van der Waals surface area contributed by atoms with Crippen molar-refractivity contribution in [1.29, 1.82) is 4.78 Å². The lowest BCUT2D eigenvalue weighted by Gasteiger charge is -2.08. The van der Waals surface area contributed by atoms with Crippen LogP contribution in [0.15, 0.2) is 57.0 Å². The van der Waals surface area contributed by atoms with Gasteiger partial charge in [0.25, 0.3) is 0 Å². The smallest absolute Gasteiger partial charge is 0.337 e. The number of hydrogen-bond acceptors (Lipinski definition) is 5. The molecule has 20 heavy (non-hydrogen) atoms. The Morgan fingerprint density at radius 3 is 2.45 bits per heavy atom. The van der Waals surface area contributed by atoms with E-state index in [1.165, 1.54) is 37.6 Å². The molecule has 1 N–H and O–H groups in total. The van der Waals surface area contributed by atoms with Crippen LogP contribution in [0.5, 0.6) is 0 Å². The van der Waals surface area contributed by atoms with Gasteiger partial charge in [0.15, 0.2) is 0 Å². The summed E-state index contributed by atoms with van der Waals surface area (Å²) in [5.41, 5.74) is 0.346. The molecule has 0 radical (unpaired) electrons. The third-order valence-corrected chi connectivity index (χ3v) is 4.88. The minimum absolute atomic E-state index is 0.303. The van der Waals surface area contributed by atoms with Crippen LogP contribution in [0.1, 0.15) is 10.4 Å². The topological polar surface area (TPSA) is 80.1 Å². The number of hydrogen-bond donors (Lipinski definition) is 1. The molecule has 2 aromatic rings. The van der Waals surface area contributed by atoms with Crippen molar-refractivity contribution in [2.75, 3.05) is 7.11 Å². The molecule has 1 aromatic heterocycles. The number of carbonyl (C=O) groups is 1. The number of pyridine rings is 1. The quantitative estimate of drug-likeness (QED) is 0.858. The van der Waals surface area contributed by atoms with Gasteiger partial charge in [-0.05, 0) is 46.3 Å². The SMILES string of the molecule is COC(=O)c1ccc(S(=N)(=O)c2cncc(Br)c2)cc1. The van der Waals surface area contributed by atoms with E-state index in [4.69, 9.17) is 4.78 Å². The summed E-state index contributed by atoms with van der Waals surface area (Å²) >= 11 is 3.23. The number of rotatable bonds is 3. The van der Waals surface area contributed by atoms with Crippen LogP contribution >= 0.6 is 15.9 Å². The average molecular weight is 355 g/mol. The molecule has 7 heteroatoms. The highest BCUT2D eigenvalue weighted by molar-refractivity contribution is 9.10. The van der Waals surface area contributed by atoms with E-state index < -0.39 is 15.7 Å². The van der Waals surface area contributed by atoms with Crippen molar-refractivity contribution in [2.24, 2.45) is 0 Å². The molecule has 5 nitrogen and oxygen atoms in total. The zero-order chi connectivity index (χ0) is 14.8. The molecule has 0 aliphatic heterocycles. The first-order valence-corrected chi connectivity index (χ1v) is 7.88. The molecule has 0 aliphatic carbocycles. The van der Waals surface area contributed by atoms with Crippen molar-refractivity contribution in [3.05, 3.63) is 52.8 Å². The molecule has 0 bridgehead atoms. The van der Waals surface area contributed by atoms with E-state index >= 15 is 0 Å². The highest BCUT2D eigenvalue weighted by Crippen LogP contribution is 2.23. The van der Waals surface area contributed by atoms with Gasteiger partial charge in [-0.25, -0.2) is 13.8 Å². The van der Waals surface area contributed by atoms with Gasteiger partial charge in [0.1, 0.15) is 9.73 Å². The molecule has 1 atom stereocenters. The predicted molar refractivity (Wildman–Crippen MR) is 77.1 cm³/mol. The Morgan fingerprint density at radius 2 is 1.90 bits per heavy atom. The van der Waals surface area contributed by atoms with Gasteiger partial charge in [0, 0.05) is 16.9 Å². The molecule has 0 amide bonds. The molecule has 0 spiro atoms. The van der Waals surface area contributed by atoms with Crippen LogP contribution in [-0.4, -0.2) is 22.3 Å². The average Bonchev–Trinajstić information content (AvgIpc) is 2.46. The van der Waals surface area contributed by atoms with Crippen molar-refractivity contribution in [1.82, 2.24) is 4.98 Å². The van der Waals surface area contributed by atoms with E-state index in [0.717, 1.165) is 0 Å². The highest BCUT2D eigenvalue weighted by atomic mass is 79.9. The van der Waals surface area contributed by atoms with Gasteiger partial charge < -0.3 is 4.74 Å². The molecule has 104 valence electrons. The summed E-state index contributed by atoms with van der Waals surface area (Å²) in [5, 5.41) is 0. The third kappa shape index (κ3) is 2.88. The van der Waals surface area contributed by atoms with Crippen molar-refractivity contribution in [2.45, 2.75) is 9.79 Å². The van der Waals surface area contributed by atoms with E-state index in [0.29, 0.717) is 19.8 Å². The number of ether oxygens (including phenoxy) is 1. The van der Waals surface area contributed by atoms with Crippen molar-refractivity contribution in [3.63, 3.8) is 0 Å². The number of esters is 1. The molecule has 0 fully saturated rings. The summed E-state index contributed by atoms with van der Waals surface area (Å²) in [6, 6.07) is 7.54. The van der Waals surface area contributed by atoms with Gasteiger partial charge in [-0.15, -0.1) is 0 Å². The number of nitrogens with zero attached hydrogens (tertiary/aromatic N) is 1. The molecule has 1 aromatic carbocycles. The van der Waals surface area contributed by atoms with E-state index in [-0.39, 0.29) is 0 Å². The summed E-state index contributed by atoms with van der Waals surface area (Å²) < 4.78 is 25.9. The van der Waals surface area contributed by atoms with Gasteiger partial charge >= 0.3 is 5.97 Å². The number of aromatic nitrogens is 1. The summed E-state index contributed by atoms with van der Waals surface area (Å²) in [4.78, 5) is 15.9. The lowest BCUT2D eigenvalue weighted by Crippen LogP contribution is -2.04. The lowest BCUT2D eigenvalue weighted by molar-refractivity contribution is 0.0600. The summed E-state index contributed by atoms with van der Waals surface area (Å²) in [5.74, 6) is -0.475. The van der Waals surface area contributed by atoms with E-state index in [9.17, 15) is 9.00 Å². The largest absolute Gasteiger partial charge is 0.465 e. The standard InChI is InChI=1S/C13H11BrN2O3S/c1-19-13(17)9-2-4-11(5-3-9)20(15,18)12-6-10(14)7-16-8-12/h2-8,15H,1H3. The number of nitrogens with one attached hydrogen (secondary N) is 1. The second kappa shape index (κ2) is 5.72. The maximum atomic E-state index is 12.6. The zero-order valence-corrected chi connectivity index (χ0v) is 12.9. The monoisotopic (exact) mass is 354 g/mol. The number of carbonyl (C=O) groups excluding carboxylic acids is 1. The summed E-state index contributed by atoms with van der Waals surface area (Å²) in [6.07, 6.45) is 2.95. The first-order chi connectivity index (χ1) is 9.45. The molecule has 2 rings (SSSR count). The van der Waals surface area contributed by atoms with Crippen molar-refractivity contribution < 1.29 is 13.7 Å². The molecule has 1 unspecified atom stereocenters. The van der Waals surface area contributed by atoms with Crippen LogP contribution in [0.3, 0.4) is 0 Å². The minimum atomic E-state index is -3.16. The van der Waals surface area contributed by atoms with Crippen LogP contribution < -0.4 is 0 Å². The second-order valence-corrected chi connectivity index (χ2v) is 6.88. The van der Waals surface area contributed by atoms with Crippen molar-refractivity contribution >= 4 is 31.6 Å². The Balaban J connectivity index is 2.42. The Kier molecular flexibility index (Phi) is 4.20. The molecule has 0 aliphatic rings. The van der Waals surface area contributed by atoms with Gasteiger partial charge in [-0.3, -0.25) is 4.98 Å². The fourth-order valence-electron chi connectivity index (χ4n) is 1.59. The lowest BCUT2D eigenvalue weighted by atomic mass is 10.2. The van der Waals surface area contributed by atoms with E-state index in [1.807, 2.05) is 0 Å². The van der Waals surface area contributed by atoms with E-state index in [2.05, 4.69) is 25.7 Å². The number of halogens is 1. The Labute approximate surface area is 125 Å². The molecule has 0 saturated heterocycles. The first kappa shape index (κ1) is 14.7. The fourth-order valence-corrected chi connectivity index (χ4v) is 3.40. The molecular formula is C13H11BrN2O3S. The number of benzene rings is 1. The van der Waals surface area contributed by atoms with Gasteiger partial charge in [0.05, 0.1) is 22.5 Å². The summed E-state index contributed by atoms with van der Waals surface area (Å²) in [6.45, 7) is 0. The Bertz CT molecular complexity index is 742. The van der Waals surface area contributed by atoms with Crippen molar-refractivity contribution in [3.8, 4) is 0 Å². The Hall–Kier alpha value is -1.73. The van der Waals surface area contributed by atoms with Gasteiger partial charge in [0.2, 0.25) is 0 Å². The van der Waals surface area contributed by atoms with Gasteiger partial charge in [-0.2, -0.15) is 0 Å². The zero-order valence-electron chi connectivity index (χ0n) is 10.5. The third-order valence-electron chi connectivity index (χ3n) is 2.62. The highest BCUT2D eigenvalue weighted by Gasteiger charge is 2.15. The fraction of sp³-hybridized carbons (Fsp3) is 0.0769. The minimum Gasteiger partial charge on any atom is -0.465 e. The second-order valence-electron chi connectivity index (χ2n) is 3.91. The Morgan fingerprint density at radius 1 is 1.25 bits per heavy atom. The van der Waals surface area contributed by atoms with Crippen LogP contribution in [-0.2, 0) is 14.5 Å². The first-order valence-electron chi connectivity index (χ1n) is 5.53. The summed E-state index contributed by atoms with van der Waals surface area (Å²) in [7, 11) is -1.87. The molecular weight excluding hydrogens is 344 g/mol. The van der Waals surface area contributed by atoms with E-state index in [1.54, 1.807) is 12.3 Å². The molecule has 1 heterocycles. The van der Waals surface area contributed by atoms with Crippen LogP contribution in [0.4, 0.5) is 0 Å². The van der Waals surface area contributed by atoms with Crippen LogP contribution in [0.25, 0.3) is 0 Å². The maximum Gasteiger partial charge on any atom is 0.337 e. The molecule has 0 saturated carbocycles.